The summed E-state index contributed by atoms with van der Waals surface area (Å²) in [6.07, 6.45) is 0. The molecule has 0 unspecified atom stereocenters. The minimum absolute atomic E-state index is 0.166. The first-order chi connectivity index (χ1) is 15.7. The molecule has 0 heterocycles. The van der Waals surface area contributed by atoms with E-state index in [0.717, 1.165) is 21.5 Å². The zero-order valence-electron chi connectivity index (χ0n) is 17.2. The molecule has 5 heteroatoms. The van der Waals surface area contributed by atoms with Crippen LogP contribution in [0.2, 0.25) is 0 Å². The van der Waals surface area contributed by atoms with Crippen molar-refractivity contribution in [2.24, 2.45) is 0 Å². The summed E-state index contributed by atoms with van der Waals surface area (Å²) < 4.78 is 18.3. The number of hydrogen-bond acceptors (Lipinski definition) is 4. The maximum Gasteiger partial charge on any atom is 0.463 e. The van der Waals surface area contributed by atoms with Crippen LogP contribution in [-0.2, 0) is 11.1 Å². The van der Waals surface area contributed by atoms with Crippen molar-refractivity contribution >= 4 is 30.1 Å². The van der Waals surface area contributed by atoms with Gasteiger partial charge >= 0.3 is 8.60 Å². The number of para-hydroxylation sites is 1. The molecule has 158 valence electrons. The summed E-state index contributed by atoms with van der Waals surface area (Å²) in [7, 11) is -1.77. The third-order valence-electron chi connectivity index (χ3n) is 5.12. The summed E-state index contributed by atoms with van der Waals surface area (Å²) >= 11 is 0. The topological polar surface area (TPSA) is 47.9 Å². The summed E-state index contributed by atoms with van der Waals surface area (Å²) in [5.74, 6) is 1.50. The van der Waals surface area contributed by atoms with Crippen LogP contribution in [-0.4, -0.2) is 5.11 Å². The molecule has 0 aromatic heterocycles. The van der Waals surface area contributed by atoms with Crippen LogP contribution in [0.15, 0.2) is 109 Å². The number of phenolic OH excluding ortho intramolecular Hbond substituents is 1. The molecular formula is C27H21O4P. The molecule has 4 nitrogen and oxygen atoms in total. The molecule has 32 heavy (non-hydrogen) atoms. The van der Waals surface area contributed by atoms with Crippen LogP contribution in [0.4, 0.5) is 0 Å². The van der Waals surface area contributed by atoms with Crippen LogP contribution < -0.4 is 9.05 Å². The number of hydrogen-bond donors (Lipinski definition) is 1. The highest BCUT2D eigenvalue weighted by Gasteiger charge is 2.19. The molecular weight excluding hydrogens is 419 g/mol. The van der Waals surface area contributed by atoms with Crippen LogP contribution in [0.1, 0.15) is 5.56 Å². The molecule has 0 fully saturated rings. The Morgan fingerprint density at radius 3 is 1.62 bits per heavy atom. The average molecular weight is 440 g/mol. The van der Waals surface area contributed by atoms with Crippen molar-refractivity contribution in [1.82, 2.24) is 0 Å². The molecule has 0 aliphatic carbocycles. The predicted octanol–water partition coefficient (Wildman–Crippen LogP) is 7.60. The first-order valence-electron chi connectivity index (χ1n) is 10.3. The number of fused-ring (bicyclic) bond motifs is 2. The van der Waals surface area contributed by atoms with Crippen LogP contribution in [0.5, 0.6) is 17.2 Å². The third-order valence-corrected chi connectivity index (χ3v) is 6.18. The Morgan fingerprint density at radius 2 is 1.06 bits per heavy atom. The van der Waals surface area contributed by atoms with E-state index in [-0.39, 0.29) is 12.4 Å². The Morgan fingerprint density at radius 1 is 0.562 bits per heavy atom. The van der Waals surface area contributed by atoms with E-state index in [1.54, 1.807) is 12.1 Å². The molecule has 5 aromatic carbocycles. The zero-order chi connectivity index (χ0) is 21.8. The number of rotatable bonds is 7. The highest BCUT2D eigenvalue weighted by molar-refractivity contribution is 7.42. The number of benzene rings is 5. The first-order valence-corrected chi connectivity index (χ1v) is 11.4. The van der Waals surface area contributed by atoms with E-state index in [2.05, 4.69) is 12.1 Å². The van der Waals surface area contributed by atoms with Crippen molar-refractivity contribution in [2.75, 3.05) is 0 Å². The minimum atomic E-state index is -1.77. The highest BCUT2D eigenvalue weighted by Crippen LogP contribution is 2.43. The van der Waals surface area contributed by atoms with Gasteiger partial charge in [-0.15, -0.1) is 0 Å². The van der Waals surface area contributed by atoms with Crippen LogP contribution in [0.3, 0.4) is 0 Å². The van der Waals surface area contributed by atoms with E-state index in [9.17, 15) is 5.11 Å². The SMILES string of the molecule is Oc1ccccc1COP(Oc1ccc2ccccc2c1)Oc1ccc2ccccc2c1. The van der Waals surface area contributed by atoms with Gasteiger partial charge in [0.05, 0.1) is 6.61 Å². The van der Waals surface area contributed by atoms with E-state index >= 15 is 0 Å². The second-order valence-corrected chi connectivity index (χ2v) is 8.40. The predicted molar refractivity (Wildman–Crippen MR) is 129 cm³/mol. The molecule has 0 aliphatic rings. The van der Waals surface area contributed by atoms with Gasteiger partial charge in [-0.25, -0.2) is 0 Å². The summed E-state index contributed by atoms with van der Waals surface area (Å²) in [6, 6.07) is 35.1. The lowest BCUT2D eigenvalue weighted by Crippen LogP contribution is -2.01. The second-order valence-electron chi connectivity index (χ2n) is 7.33. The quantitative estimate of drug-likeness (QED) is 0.265. The van der Waals surface area contributed by atoms with E-state index in [4.69, 9.17) is 13.6 Å². The van der Waals surface area contributed by atoms with Gasteiger partial charge in [-0.3, -0.25) is 4.52 Å². The van der Waals surface area contributed by atoms with E-state index < -0.39 is 8.60 Å². The van der Waals surface area contributed by atoms with Crippen LogP contribution >= 0.6 is 8.60 Å². The molecule has 0 radical (unpaired) electrons. The van der Waals surface area contributed by atoms with Gasteiger partial charge < -0.3 is 14.2 Å². The van der Waals surface area contributed by atoms with Crippen LogP contribution in [0, 0.1) is 0 Å². The van der Waals surface area contributed by atoms with Crippen molar-refractivity contribution in [3.05, 3.63) is 115 Å². The van der Waals surface area contributed by atoms with Gasteiger partial charge in [-0.05, 0) is 51.9 Å². The Hall–Kier alpha value is -3.59. The standard InChI is InChI=1S/C27H21O4P/c28-27-12-6-5-11-24(27)19-29-32(30-25-15-13-20-7-1-3-9-22(20)17-25)31-26-16-14-21-8-2-4-10-23(21)18-26/h1-18,28H,19H2. The summed E-state index contributed by atoms with van der Waals surface area (Å²) in [4.78, 5) is 0. The molecule has 0 saturated heterocycles. The largest absolute Gasteiger partial charge is 0.508 e. The molecule has 0 aliphatic heterocycles. The number of aromatic hydroxyl groups is 1. The lowest BCUT2D eigenvalue weighted by Gasteiger charge is -2.18. The fraction of sp³-hybridized carbons (Fsp3) is 0.0370. The van der Waals surface area contributed by atoms with Gasteiger partial charge in [-0.2, -0.15) is 0 Å². The smallest absolute Gasteiger partial charge is 0.463 e. The van der Waals surface area contributed by atoms with E-state index in [0.29, 0.717) is 17.1 Å². The first kappa shape index (κ1) is 20.3. The van der Waals surface area contributed by atoms with Crippen LogP contribution in [0.25, 0.3) is 21.5 Å². The van der Waals surface area contributed by atoms with Gasteiger partial charge in [0, 0.05) is 5.56 Å². The van der Waals surface area contributed by atoms with Crippen molar-refractivity contribution in [1.29, 1.82) is 0 Å². The molecule has 0 bridgehead atoms. The summed E-state index contributed by atoms with van der Waals surface area (Å²) in [5, 5.41) is 14.5. The van der Waals surface area contributed by atoms with Crippen molar-refractivity contribution < 1.29 is 18.7 Å². The Kier molecular flexibility index (Phi) is 5.89. The molecule has 0 saturated carbocycles. The van der Waals surface area contributed by atoms with E-state index in [1.807, 2.05) is 84.9 Å². The molecule has 0 spiro atoms. The van der Waals surface area contributed by atoms with Crippen molar-refractivity contribution in [2.45, 2.75) is 6.61 Å². The molecule has 0 amide bonds. The van der Waals surface area contributed by atoms with Crippen molar-refractivity contribution in [3.63, 3.8) is 0 Å². The fourth-order valence-corrected chi connectivity index (χ4v) is 4.41. The Balaban J connectivity index is 1.40. The molecule has 5 rings (SSSR count). The summed E-state index contributed by atoms with van der Waals surface area (Å²) in [6.45, 7) is 0.166. The van der Waals surface area contributed by atoms with E-state index in [1.165, 1.54) is 0 Å². The van der Waals surface area contributed by atoms with Crippen molar-refractivity contribution in [3.8, 4) is 17.2 Å². The van der Waals surface area contributed by atoms with Gasteiger partial charge in [0.15, 0.2) is 0 Å². The summed E-state index contributed by atoms with van der Waals surface area (Å²) in [5.41, 5.74) is 0.671. The highest BCUT2D eigenvalue weighted by atomic mass is 31.2. The second kappa shape index (κ2) is 9.27. The minimum Gasteiger partial charge on any atom is -0.508 e. The Labute approximate surface area is 187 Å². The lowest BCUT2D eigenvalue weighted by molar-refractivity contribution is 0.253. The maximum atomic E-state index is 10.1. The Bertz CT molecular complexity index is 1290. The maximum absolute atomic E-state index is 10.1. The zero-order valence-corrected chi connectivity index (χ0v) is 18.1. The number of phenols is 1. The molecule has 0 atom stereocenters. The molecule has 5 aromatic rings. The molecule has 1 N–H and O–H groups in total. The fourth-order valence-electron chi connectivity index (χ4n) is 3.45. The van der Waals surface area contributed by atoms with Gasteiger partial charge in [0.2, 0.25) is 0 Å². The normalized spacial score (nSPS) is 11.2. The van der Waals surface area contributed by atoms with Gasteiger partial charge in [-0.1, -0.05) is 78.9 Å². The third kappa shape index (κ3) is 4.67. The monoisotopic (exact) mass is 440 g/mol. The lowest BCUT2D eigenvalue weighted by atomic mass is 10.1. The van der Waals surface area contributed by atoms with Gasteiger partial charge in [0.1, 0.15) is 17.2 Å². The average Bonchev–Trinajstić information content (AvgIpc) is 2.83. The van der Waals surface area contributed by atoms with Gasteiger partial charge in [0.25, 0.3) is 0 Å².